The highest BCUT2D eigenvalue weighted by molar-refractivity contribution is 7.15. The predicted octanol–water partition coefficient (Wildman–Crippen LogP) is 3.02. The van der Waals surface area contributed by atoms with Gasteiger partial charge in [0.1, 0.15) is 11.0 Å². The molecule has 1 fully saturated rings. The molecule has 144 valence electrons. The van der Waals surface area contributed by atoms with Crippen molar-refractivity contribution in [1.82, 2.24) is 20.4 Å². The van der Waals surface area contributed by atoms with Crippen LogP contribution in [0.2, 0.25) is 0 Å². The molecule has 0 bridgehead atoms. The van der Waals surface area contributed by atoms with Crippen molar-refractivity contribution >= 4 is 28.4 Å². The van der Waals surface area contributed by atoms with Gasteiger partial charge in [0, 0.05) is 25.4 Å². The molecular weight excluding hydrogens is 362 g/mol. The smallest absolute Gasteiger partial charge is 0.318 e. The van der Waals surface area contributed by atoms with Gasteiger partial charge in [0.25, 0.3) is 0 Å². The van der Waals surface area contributed by atoms with Crippen LogP contribution in [0.25, 0.3) is 0 Å². The summed E-state index contributed by atoms with van der Waals surface area (Å²) in [5.74, 6) is -0.0269. The van der Waals surface area contributed by atoms with E-state index in [1.807, 2.05) is 44.2 Å². The van der Waals surface area contributed by atoms with E-state index in [-0.39, 0.29) is 17.9 Å². The first kappa shape index (κ1) is 19.3. The van der Waals surface area contributed by atoms with Gasteiger partial charge in [0.2, 0.25) is 11.0 Å². The number of nitrogens with one attached hydrogen (secondary N) is 2. The number of nitrogens with zero attached hydrogens (tertiary/aromatic N) is 3. The van der Waals surface area contributed by atoms with Crippen LogP contribution in [0.15, 0.2) is 30.3 Å². The molecule has 2 heterocycles. The van der Waals surface area contributed by atoms with Crippen LogP contribution in [-0.4, -0.2) is 46.2 Å². The molecular formula is C19H25N5O2S. The summed E-state index contributed by atoms with van der Waals surface area (Å²) < 4.78 is 0. The molecule has 0 radical (unpaired) electrons. The Morgan fingerprint density at radius 3 is 2.48 bits per heavy atom. The van der Waals surface area contributed by atoms with E-state index < -0.39 is 6.04 Å². The van der Waals surface area contributed by atoms with Crippen LogP contribution in [-0.2, 0) is 11.2 Å². The lowest BCUT2D eigenvalue weighted by Gasteiger charge is -2.22. The van der Waals surface area contributed by atoms with E-state index in [9.17, 15) is 9.59 Å². The van der Waals surface area contributed by atoms with Crippen LogP contribution in [0.4, 0.5) is 9.93 Å². The summed E-state index contributed by atoms with van der Waals surface area (Å²) in [6, 6.07) is 8.80. The van der Waals surface area contributed by atoms with Gasteiger partial charge in [-0.2, -0.15) is 0 Å². The molecule has 1 aromatic carbocycles. The minimum atomic E-state index is -0.674. The monoisotopic (exact) mass is 387 g/mol. The molecule has 0 aliphatic carbocycles. The second-order valence-electron chi connectivity index (χ2n) is 6.98. The minimum absolute atomic E-state index is 0.191. The zero-order valence-corrected chi connectivity index (χ0v) is 16.5. The highest BCUT2D eigenvalue weighted by Gasteiger charge is 2.26. The minimum Gasteiger partial charge on any atom is -0.326 e. The molecule has 3 rings (SSSR count). The summed E-state index contributed by atoms with van der Waals surface area (Å²) in [6.45, 7) is 5.53. The maximum atomic E-state index is 12.8. The molecule has 7 nitrogen and oxygen atoms in total. The summed E-state index contributed by atoms with van der Waals surface area (Å²) in [4.78, 5) is 27.1. The zero-order valence-electron chi connectivity index (χ0n) is 15.6. The van der Waals surface area contributed by atoms with Gasteiger partial charge in [-0.15, -0.1) is 10.2 Å². The number of carbonyl (C=O) groups is 2. The standard InChI is InChI=1S/C19H25N5O2S/c1-13(2)17-22-23-18(27-17)21-16(25)15(12-14-8-4-3-5-9-14)20-19(26)24-10-6-7-11-24/h3-5,8-9,13,15H,6-7,10-12H2,1-2H3,(H,20,26)(H,21,23,25)/t15-/m1/s1. The van der Waals surface area contributed by atoms with Crippen molar-refractivity contribution in [3.63, 3.8) is 0 Å². The third-order valence-electron chi connectivity index (χ3n) is 4.45. The van der Waals surface area contributed by atoms with Crippen LogP contribution in [0.1, 0.15) is 43.2 Å². The molecule has 1 aliphatic rings. The van der Waals surface area contributed by atoms with Gasteiger partial charge in [0.05, 0.1) is 0 Å². The predicted molar refractivity (Wildman–Crippen MR) is 106 cm³/mol. The number of hydrogen-bond acceptors (Lipinski definition) is 5. The largest absolute Gasteiger partial charge is 0.326 e. The van der Waals surface area contributed by atoms with Crippen molar-refractivity contribution < 1.29 is 9.59 Å². The fourth-order valence-electron chi connectivity index (χ4n) is 2.93. The molecule has 8 heteroatoms. The first-order chi connectivity index (χ1) is 13.0. The van der Waals surface area contributed by atoms with Gasteiger partial charge in [0.15, 0.2) is 0 Å². The number of hydrogen-bond donors (Lipinski definition) is 2. The molecule has 1 aliphatic heterocycles. The van der Waals surface area contributed by atoms with Gasteiger partial charge in [-0.1, -0.05) is 55.5 Å². The van der Waals surface area contributed by atoms with Gasteiger partial charge in [-0.05, 0) is 18.4 Å². The summed E-state index contributed by atoms with van der Waals surface area (Å²) >= 11 is 1.36. The Balaban J connectivity index is 1.70. The number of urea groups is 1. The highest BCUT2D eigenvalue weighted by atomic mass is 32.1. The van der Waals surface area contributed by atoms with Gasteiger partial charge >= 0.3 is 6.03 Å². The van der Waals surface area contributed by atoms with Crippen molar-refractivity contribution in [1.29, 1.82) is 0 Å². The third-order valence-corrected chi connectivity index (χ3v) is 5.59. The second-order valence-corrected chi connectivity index (χ2v) is 7.98. The number of anilines is 1. The van der Waals surface area contributed by atoms with E-state index in [2.05, 4.69) is 20.8 Å². The van der Waals surface area contributed by atoms with Crippen molar-refractivity contribution in [2.75, 3.05) is 18.4 Å². The molecule has 1 atom stereocenters. The quantitative estimate of drug-likeness (QED) is 0.798. The molecule has 2 aromatic rings. The lowest BCUT2D eigenvalue weighted by Crippen LogP contribution is -2.49. The Bertz CT molecular complexity index is 771. The molecule has 3 amide bonds. The van der Waals surface area contributed by atoms with Crippen LogP contribution in [0.5, 0.6) is 0 Å². The number of amides is 3. The van der Waals surface area contributed by atoms with Gasteiger partial charge in [-0.3, -0.25) is 10.1 Å². The van der Waals surface area contributed by atoms with E-state index in [1.165, 1.54) is 11.3 Å². The summed E-state index contributed by atoms with van der Waals surface area (Å²) in [7, 11) is 0. The maximum Gasteiger partial charge on any atom is 0.318 e. The summed E-state index contributed by atoms with van der Waals surface area (Å²) in [5, 5.41) is 15.1. The van der Waals surface area contributed by atoms with Gasteiger partial charge < -0.3 is 10.2 Å². The second kappa shape index (κ2) is 8.94. The van der Waals surface area contributed by atoms with Crippen molar-refractivity contribution in [2.24, 2.45) is 0 Å². The van der Waals surface area contributed by atoms with Gasteiger partial charge in [-0.25, -0.2) is 4.79 Å². The van der Waals surface area contributed by atoms with Crippen molar-refractivity contribution in [2.45, 2.75) is 45.1 Å². The Labute approximate surface area is 163 Å². The number of carbonyl (C=O) groups excluding carboxylic acids is 2. The number of benzene rings is 1. The van der Waals surface area contributed by atoms with E-state index in [4.69, 9.17) is 0 Å². The Morgan fingerprint density at radius 2 is 1.85 bits per heavy atom. The highest BCUT2D eigenvalue weighted by Crippen LogP contribution is 2.22. The number of aromatic nitrogens is 2. The topological polar surface area (TPSA) is 87.2 Å². The molecule has 27 heavy (non-hydrogen) atoms. The normalized spacial score (nSPS) is 15.0. The van der Waals surface area contributed by atoms with Crippen LogP contribution in [0, 0.1) is 0 Å². The van der Waals surface area contributed by atoms with E-state index in [0.29, 0.717) is 11.6 Å². The fourth-order valence-corrected chi connectivity index (χ4v) is 3.68. The lowest BCUT2D eigenvalue weighted by molar-refractivity contribution is -0.118. The molecule has 1 saturated heterocycles. The van der Waals surface area contributed by atoms with E-state index in [0.717, 1.165) is 36.5 Å². The SMILES string of the molecule is CC(C)c1nnc(NC(=O)[C@@H](Cc2ccccc2)NC(=O)N2CCCC2)s1. The maximum absolute atomic E-state index is 12.8. The lowest BCUT2D eigenvalue weighted by atomic mass is 10.1. The van der Waals surface area contributed by atoms with Crippen LogP contribution < -0.4 is 10.6 Å². The number of likely N-dealkylation sites (tertiary alicyclic amines) is 1. The zero-order chi connectivity index (χ0) is 19.2. The Hall–Kier alpha value is -2.48. The molecule has 2 N–H and O–H groups in total. The summed E-state index contributed by atoms with van der Waals surface area (Å²) in [5.41, 5.74) is 0.986. The molecule has 0 spiro atoms. The van der Waals surface area contributed by atoms with Crippen LogP contribution in [0.3, 0.4) is 0 Å². The summed E-state index contributed by atoms with van der Waals surface area (Å²) in [6.07, 6.45) is 2.43. The fraction of sp³-hybridized carbons (Fsp3) is 0.474. The number of rotatable bonds is 6. The molecule has 1 aromatic heterocycles. The van der Waals surface area contributed by atoms with Crippen molar-refractivity contribution in [3.05, 3.63) is 40.9 Å². The van der Waals surface area contributed by atoms with E-state index >= 15 is 0 Å². The molecule has 0 unspecified atom stereocenters. The van der Waals surface area contributed by atoms with Crippen LogP contribution >= 0.6 is 11.3 Å². The first-order valence-electron chi connectivity index (χ1n) is 9.26. The van der Waals surface area contributed by atoms with E-state index in [1.54, 1.807) is 4.90 Å². The Kier molecular flexibility index (Phi) is 6.39. The first-order valence-corrected chi connectivity index (χ1v) is 10.1. The van der Waals surface area contributed by atoms with Crippen molar-refractivity contribution in [3.8, 4) is 0 Å². The Morgan fingerprint density at radius 1 is 1.15 bits per heavy atom. The molecule has 0 saturated carbocycles. The third kappa shape index (κ3) is 5.26. The average molecular weight is 388 g/mol. The average Bonchev–Trinajstić information content (AvgIpc) is 3.34.